The molecule has 1 aromatic rings. The number of anilines is 1. The van der Waals surface area contributed by atoms with Crippen LogP contribution in [0, 0.1) is 0 Å². The van der Waals surface area contributed by atoms with E-state index in [9.17, 15) is 4.79 Å². The quantitative estimate of drug-likeness (QED) is 0.802. The number of aliphatic hydroxyl groups excluding tert-OH is 1. The van der Waals surface area contributed by atoms with Gasteiger partial charge in [-0.1, -0.05) is 6.92 Å². The Morgan fingerprint density at radius 2 is 2.30 bits per heavy atom. The third kappa shape index (κ3) is 3.45. The number of nitrogens with one attached hydrogen (secondary N) is 1. The van der Waals surface area contributed by atoms with E-state index in [4.69, 9.17) is 5.11 Å². The maximum atomic E-state index is 12.4. The fourth-order valence-corrected chi connectivity index (χ4v) is 2.55. The summed E-state index contributed by atoms with van der Waals surface area (Å²) < 4.78 is 0. The molecule has 0 aliphatic carbocycles. The average Bonchev–Trinajstić information content (AvgIpc) is 2.97. The summed E-state index contributed by atoms with van der Waals surface area (Å²) in [5.74, 6) is 0.621. The number of nitrogens with zero attached hydrogens (tertiary/aromatic N) is 3. The van der Waals surface area contributed by atoms with E-state index >= 15 is 0 Å². The van der Waals surface area contributed by atoms with Gasteiger partial charge < -0.3 is 15.3 Å². The normalized spacial score (nSPS) is 19.9. The van der Waals surface area contributed by atoms with Crippen molar-refractivity contribution in [2.45, 2.75) is 44.7 Å². The lowest BCUT2D eigenvalue weighted by atomic mass is 10.1. The summed E-state index contributed by atoms with van der Waals surface area (Å²) in [6.07, 6.45) is 6.58. The molecule has 0 radical (unpaired) electrons. The highest BCUT2D eigenvalue weighted by Gasteiger charge is 2.32. The molecule has 20 heavy (non-hydrogen) atoms. The number of hydrogen-bond acceptors (Lipinski definition) is 5. The lowest BCUT2D eigenvalue weighted by molar-refractivity contribution is -0.123. The molecule has 6 nitrogen and oxygen atoms in total. The molecule has 1 aliphatic rings. The zero-order valence-corrected chi connectivity index (χ0v) is 11.8. The highest BCUT2D eigenvalue weighted by molar-refractivity contribution is 5.85. The van der Waals surface area contributed by atoms with Crippen LogP contribution in [0.25, 0.3) is 0 Å². The van der Waals surface area contributed by atoms with Crippen molar-refractivity contribution in [2.75, 3.05) is 18.1 Å². The van der Waals surface area contributed by atoms with Crippen LogP contribution < -0.4 is 10.2 Å². The Morgan fingerprint density at radius 1 is 1.55 bits per heavy atom. The van der Waals surface area contributed by atoms with Crippen LogP contribution in [-0.4, -0.2) is 46.2 Å². The monoisotopic (exact) mass is 278 g/mol. The van der Waals surface area contributed by atoms with Crippen molar-refractivity contribution >= 4 is 11.9 Å². The predicted molar refractivity (Wildman–Crippen MR) is 76.3 cm³/mol. The number of carbonyl (C=O) groups is 1. The van der Waals surface area contributed by atoms with Crippen LogP contribution in [0.5, 0.6) is 0 Å². The van der Waals surface area contributed by atoms with Crippen molar-refractivity contribution in [1.82, 2.24) is 15.3 Å². The summed E-state index contributed by atoms with van der Waals surface area (Å²) in [5, 5.41) is 12.0. The van der Waals surface area contributed by atoms with Crippen LogP contribution in [0.4, 0.5) is 5.95 Å². The summed E-state index contributed by atoms with van der Waals surface area (Å²) >= 11 is 0. The number of aromatic nitrogens is 2. The van der Waals surface area contributed by atoms with Crippen LogP contribution in [0.1, 0.15) is 32.6 Å². The maximum Gasteiger partial charge on any atom is 0.243 e. The Labute approximate surface area is 119 Å². The number of amides is 1. The zero-order chi connectivity index (χ0) is 14.4. The van der Waals surface area contributed by atoms with E-state index < -0.39 is 0 Å². The lowest BCUT2D eigenvalue weighted by Crippen LogP contribution is -2.47. The van der Waals surface area contributed by atoms with E-state index in [2.05, 4.69) is 15.3 Å². The van der Waals surface area contributed by atoms with Gasteiger partial charge in [-0.3, -0.25) is 4.79 Å². The van der Waals surface area contributed by atoms with E-state index in [0.717, 1.165) is 25.8 Å². The molecule has 1 aromatic heterocycles. The van der Waals surface area contributed by atoms with Crippen molar-refractivity contribution in [2.24, 2.45) is 0 Å². The van der Waals surface area contributed by atoms with Gasteiger partial charge in [0.25, 0.3) is 0 Å². The third-order valence-corrected chi connectivity index (χ3v) is 3.68. The van der Waals surface area contributed by atoms with E-state index in [1.807, 2.05) is 11.8 Å². The SMILES string of the molecule is CCC(CCO)NC(=O)C1CCCN1c1ncccn1. The van der Waals surface area contributed by atoms with Gasteiger partial charge >= 0.3 is 0 Å². The predicted octanol–water partition coefficient (Wildman–Crippen LogP) is 0.723. The highest BCUT2D eigenvalue weighted by atomic mass is 16.3. The Bertz CT molecular complexity index is 426. The molecule has 2 heterocycles. The molecule has 2 atom stereocenters. The van der Waals surface area contributed by atoms with Crippen molar-refractivity contribution < 1.29 is 9.90 Å². The van der Waals surface area contributed by atoms with Crippen LogP contribution in [0.2, 0.25) is 0 Å². The lowest BCUT2D eigenvalue weighted by Gasteiger charge is -2.25. The molecule has 0 aromatic carbocycles. The minimum atomic E-state index is -0.204. The molecule has 1 fully saturated rings. The first-order valence-electron chi connectivity index (χ1n) is 7.21. The van der Waals surface area contributed by atoms with Crippen LogP contribution in [0.15, 0.2) is 18.5 Å². The molecule has 0 spiro atoms. The maximum absolute atomic E-state index is 12.4. The minimum absolute atomic E-state index is 0.00949. The van der Waals surface area contributed by atoms with Crippen molar-refractivity contribution in [3.63, 3.8) is 0 Å². The van der Waals surface area contributed by atoms with Gasteiger partial charge in [0.05, 0.1) is 0 Å². The third-order valence-electron chi connectivity index (χ3n) is 3.68. The topological polar surface area (TPSA) is 78.4 Å². The van der Waals surface area contributed by atoms with Gasteiger partial charge in [-0.05, 0) is 31.7 Å². The molecule has 0 bridgehead atoms. The van der Waals surface area contributed by atoms with Crippen LogP contribution in [-0.2, 0) is 4.79 Å². The van der Waals surface area contributed by atoms with Crippen LogP contribution >= 0.6 is 0 Å². The van der Waals surface area contributed by atoms with Crippen molar-refractivity contribution in [3.8, 4) is 0 Å². The number of carbonyl (C=O) groups excluding carboxylic acids is 1. The second-order valence-electron chi connectivity index (χ2n) is 5.03. The first kappa shape index (κ1) is 14.7. The Morgan fingerprint density at radius 3 is 2.95 bits per heavy atom. The molecular weight excluding hydrogens is 256 g/mol. The second-order valence-corrected chi connectivity index (χ2v) is 5.03. The highest BCUT2D eigenvalue weighted by Crippen LogP contribution is 2.22. The largest absolute Gasteiger partial charge is 0.396 e. The Hall–Kier alpha value is -1.69. The average molecular weight is 278 g/mol. The summed E-state index contributed by atoms with van der Waals surface area (Å²) in [4.78, 5) is 22.8. The molecule has 2 rings (SSSR count). The number of aliphatic hydroxyl groups is 1. The van der Waals surface area contributed by atoms with Crippen molar-refractivity contribution in [3.05, 3.63) is 18.5 Å². The van der Waals surface area contributed by atoms with Crippen molar-refractivity contribution in [1.29, 1.82) is 0 Å². The molecular formula is C14H22N4O2. The molecule has 0 saturated carbocycles. The van der Waals surface area contributed by atoms with Gasteiger partial charge in [-0.2, -0.15) is 0 Å². The molecule has 1 aliphatic heterocycles. The van der Waals surface area contributed by atoms with Gasteiger partial charge in [-0.15, -0.1) is 0 Å². The molecule has 1 amide bonds. The minimum Gasteiger partial charge on any atom is -0.396 e. The van der Waals surface area contributed by atoms with E-state index in [0.29, 0.717) is 12.4 Å². The summed E-state index contributed by atoms with van der Waals surface area (Å²) in [6, 6.07) is 1.60. The summed E-state index contributed by atoms with van der Waals surface area (Å²) in [7, 11) is 0. The summed E-state index contributed by atoms with van der Waals surface area (Å²) in [6.45, 7) is 2.90. The fourth-order valence-electron chi connectivity index (χ4n) is 2.55. The molecule has 2 N–H and O–H groups in total. The van der Waals surface area contributed by atoms with Crippen LogP contribution in [0.3, 0.4) is 0 Å². The zero-order valence-electron chi connectivity index (χ0n) is 11.8. The van der Waals surface area contributed by atoms with Gasteiger partial charge in [0.1, 0.15) is 6.04 Å². The first-order valence-corrected chi connectivity index (χ1v) is 7.21. The van der Waals surface area contributed by atoms with E-state index in [-0.39, 0.29) is 24.6 Å². The summed E-state index contributed by atoms with van der Waals surface area (Å²) in [5.41, 5.74) is 0. The van der Waals surface area contributed by atoms with Gasteiger partial charge in [0.2, 0.25) is 11.9 Å². The molecule has 2 unspecified atom stereocenters. The molecule has 110 valence electrons. The fraction of sp³-hybridized carbons (Fsp3) is 0.643. The second kappa shape index (κ2) is 7.19. The standard InChI is InChI=1S/C14H22N4O2/c1-2-11(6-10-19)17-13(20)12-5-3-9-18(12)14-15-7-4-8-16-14/h4,7-8,11-12,19H,2-3,5-6,9-10H2,1H3,(H,17,20). The number of hydrogen-bond donors (Lipinski definition) is 2. The van der Waals surface area contributed by atoms with E-state index in [1.54, 1.807) is 18.5 Å². The Balaban J connectivity index is 2.01. The Kier molecular flexibility index (Phi) is 5.29. The first-order chi connectivity index (χ1) is 9.76. The van der Waals surface area contributed by atoms with E-state index in [1.165, 1.54) is 0 Å². The molecule has 1 saturated heterocycles. The molecule has 6 heteroatoms. The van der Waals surface area contributed by atoms with Gasteiger partial charge in [0, 0.05) is 31.6 Å². The number of rotatable bonds is 6. The van der Waals surface area contributed by atoms with Gasteiger partial charge in [-0.25, -0.2) is 9.97 Å². The van der Waals surface area contributed by atoms with Gasteiger partial charge in [0.15, 0.2) is 0 Å². The smallest absolute Gasteiger partial charge is 0.243 e.